The molecule has 0 bridgehead atoms. The van der Waals surface area contributed by atoms with Crippen LogP contribution in [0.2, 0.25) is 5.02 Å². The van der Waals surface area contributed by atoms with Crippen molar-refractivity contribution in [2.45, 2.75) is 78.7 Å². The Labute approximate surface area is 290 Å². The molecule has 0 aliphatic carbocycles. The molecule has 4 heterocycles. The fourth-order valence-corrected chi connectivity index (χ4v) is 6.29. The Hall–Kier alpha value is -4.33. The molecule has 266 valence electrons. The number of ether oxygens (including phenoxy) is 4. The van der Waals surface area contributed by atoms with Crippen LogP contribution < -0.4 is 14.4 Å². The van der Waals surface area contributed by atoms with Crippen molar-refractivity contribution in [2.75, 3.05) is 50.8 Å². The third-order valence-electron chi connectivity index (χ3n) is 8.23. The van der Waals surface area contributed by atoms with Crippen LogP contribution in [0, 0.1) is 5.82 Å². The lowest BCUT2D eigenvalue weighted by atomic mass is 10.0. The van der Waals surface area contributed by atoms with Crippen molar-refractivity contribution >= 4 is 41.5 Å². The van der Waals surface area contributed by atoms with Gasteiger partial charge < -0.3 is 38.5 Å². The van der Waals surface area contributed by atoms with E-state index in [0.717, 1.165) is 6.07 Å². The van der Waals surface area contributed by atoms with Crippen molar-refractivity contribution in [3.63, 3.8) is 0 Å². The van der Waals surface area contributed by atoms with Gasteiger partial charge in [0, 0.05) is 38.8 Å². The quantitative estimate of drug-likeness (QED) is 0.303. The number of benzene rings is 1. The van der Waals surface area contributed by atoms with Gasteiger partial charge in [-0.1, -0.05) is 17.7 Å². The first-order chi connectivity index (χ1) is 22.9. The van der Waals surface area contributed by atoms with E-state index in [1.807, 2.05) is 13.8 Å². The standard InChI is InChI=1S/C34H43ClFN5O8/c1-9-38-15-19(2)41(17-23(38)42)29-25-28(46-18-20-16-39(13-14-40(20)30(25)43)31(44)48-33(3,4)5)26(35)27(37-29)24-21(36)11-10-12-22(24)47-32(45)49-34(6,7)8/h10-12,19-20H,9,13-18H2,1-8H3/t19-,20+/m0/s1. The molecule has 1 aromatic carbocycles. The maximum atomic E-state index is 15.8. The number of carbonyl (C=O) groups excluding carboxylic acids is 4. The van der Waals surface area contributed by atoms with Crippen molar-refractivity contribution in [3.8, 4) is 22.8 Å². The van der Waals surface area contributed by atoms with E-state index in [4.69, 9.17) is 35.5 Å². The van der Waals surface area contributed by atoms with E-state index < -0.39 is 41.2 Å². The highest BCUT2D eigenvalue weighted by Gasteiger charge is 2.43. The predicted octanol–water partition coefficient (Wildman–Crippen LogP) is 5.37. The number of halogens is 2. The number of fused-ring (bicyclic) bond motifs is 2. The number of hydrogen-bond donors (Lipinski definition) is 0. The second kappa shape index (κ2) is 13.5. The topological polar surface area (TPSA) is 131 Å². The van der Waals surface area contributed by atoms with E-state index in [1.54, 1.807) is 56.2 Å². The molecule has 3 aliphatic rings. The van der Waals surface area contributed by atoms with Gasteiger partial charge in [0.15, 0.2) is 5.75 Å². The minimum atomic E-state index is -1.07. The molecule has 2 atom stereocenters. The average Bonchev–Trinajstić information content (AvgIpc) is 3.13. The minimum absolute atomic E-state index is 0.0116. The number of anilines is 1. The van der Waals surface area contributed by atoms with Crippen LogP contribution in [-0.2, 0) is 14.3 Å². The van der Waals surface area contributed by atoms with Gasteiger partial charge in [-0.15, -0.1) is 0 Å². The average molecular weight is 704 g/mol. The Morgan fingerprint density at radius 1 is 1.02 bits per heavy atom. The highest BCUT2D eigenvalue weighted by Crippen LogP contribution is 2.47. The Morgan fingerprint density at radius 2 is 1.71 bits per heavy atom. The first-order valence-electron chi connectivity index (χ1n) is 16.3. The number of piperazine rings is 2. The molecule has 2 fully saturated rings. The summed E-state index contributed by atoms with van der Waals surface area (Å²) in [5.74, 6) is -1.68. The maximum absolute atomic E-state index is 15.8. The normalized spacial score (nSPS) is 19.9. The highest BCUT2D eigenvalue weighted by atomic mass is 35.5. The molecule has 2 aromatic rings. The molecule has 2 saturated heterocycles. The minimum Gasteiger partial charge on any atom is -0.489 e. The van der Waals surface area contributed by atoms with Gasteiger partial charge in [-0.05, 0) is 67.5 Å². The summed E-state index contributed by atoms with van der Waals surface area (Å²) in [6.07, 6.45) is -1.58. The smallest absolute Gasteiger partial charge is 0.489 e. The van der Waals surface area contributed by atoms with Crippen molar-refractivity contribution in [2.24, 2.45) is 0 Å². The van der Waals surface area contributed by atoms with Crippen molar-refractivity contribution in [1.82, 2.24) is 19.7 Å². The molecular formula is C34H43ClFN5O8. The summed E-state index contributed by atoms with van der Waals surface area (Å²) in [7, 11) is 0. The van der Waals surface area contributed by atoms with Crippen LogP contribution in [0.15, 0.2) is 18.2 Å². The molecular weight excluding hydrogens is 661 g/mol. The molecule has 15 heteroatoms. The van der Waals surface area contributed by atoms with Gasteiger partial charge in [0.05, 0.1) is 18.2 Å². The fraction of sp³-hybridized carbons (Fsp3) is 0.559. The summed E-state index contributed by atoms with van der Waals surface area (Å²) in [6.45, 7) is 15.3. The van der Waals surface area contributed by atoms with Crippen LogP contribution in [0.3, 0.4) is 0 Å². The van der Waals surface area contributed by atoms with Gasteiger partial charge in [-0.3, -0.25) is 9.59 Å². The van der Waals surface area contributed by atoms with Gasteiger partial charge in [0.25, 0.3) is 5.91 Å². The molecule has 1 aromatic heterocycles. The SMILES string of the molecule is CCN1C[C@H](C)N(c2nc(-c3c(F)cccc3OC(=O)OC(C)(C)C)c(Cl)c3c2C(=O)N2CCN(C(=O)OC(C)(C)C)C[C@@H]2CO3)CC1=O. The van der Waals surface area contributed by atoms with Crippen LogP contribution in [0.4, 0.5) is 19.8 Å². The number of likely N-dealkylation sites (N-methyl/N-ethyl adjacent to an activating group) is 1. The summed E-state index contributed by atoms with van der Waals surface area (Å²) < 4.78 is 38.4. The number of pyridine rings is 1. The first-order valence-corrected chi connectivity index (χ1v) is 16.7. The summed E-state index contributed by atoms with van der Waals surface area (Å²) >= 11 is 6.98. The zero-order chi connectivity index (χ0) is 36.0. The van der Waals surface area contributed by atoms with Crippen molar-refractivity contribution in [1.29, 1.82) is 0 Å². The summed E-state index contributed by atoms with van der Waals surface area (Å²) in [4.78, 5) is 64.6. The van der Waals surface area contributed by atoms with E-state index in [1.165, 1.54) is 17.0 Å². The van der Waals surface area contributed by atoms with E-state index in [0.29, 0.717) is 13.1 Å². The highest BCUT2D eigenvalue weighted by molar-refractivity contribution is 6.35. The van der Waals surface area contributed by atoms with Crippen LogP contribution in [0.25, 0.3) is 11.3 Å². The van der Waals surface area contributed by atoms with Crippen molar-refractivity contribution < 1.29 is 42.5 Å². The molecule has 0 saturated carbocycles. The second-order valence-corrected chi connectivity index (χ2v) is 14.7. The number of nitrogens with zero attached hydrogens (tertiary/aromatic N) is 5. The first kappa shape index (κ1) is 36.0. The maximum Gasteiger partial charge on any atom is 0.514 e. The van der Waals surface area contributed by atoms with Crippen LogP contribution >= 0.6 is 11.6 Å². The van der Waals surface area contributed by atoms with E-state index in [-0.39, 0.29) is 83.9 Å². The van der Waals surface area contributed by atoms with Gasteiger partial charge in [-0.25, -0.2) is 19.0 Å². The molecule has 0 N–H and O–H groups in total. The van der Waals surface area contributed by atoms with Crippen LogP contribution in [0.1, 0.15) is 65.7 Å². The van der Waals surface area contributed by atoms with Gasteiger partial charge in [-0.2, -0.15) is 0 Å². The molecule has 5 rings (SSSR count). The van der Waals surface area contributed by atoms with Crippen LogP contribution in [-0.4, -0.2) is 113 Å². The second-order valence-electron chi connectivity index (χ2n) is 14.3. The van der Waals surface area contributed by atoms with E-state index >= 15 is 4.39 Å². The predicted molar refractivity (Wildman–Crippen MR) is 179 cm³/mol. The molecule has 3 aliphatic heterocycles. The zero-order valence-corrected chi connectivity index (χ0v) is 29.9. The number of carbonyl (C=O) groups is 4. The Bertz CT molecular complexity index is 1660. The third kappa shape index (κ3) is 7.63. The van der Waals surface area contributed by atoms with Gasteiger partial charge in [0.1, 0.15) is 51.5 Å². The molecule has 0 unspecified atom stereocenters. The summed E-state index contributed by atoms with van der Waals surface area (Å²) in [5, 5.41) is -0.193. The number of aromatic nitrogens is 1. The zero-order valence-electron chi connectivity index (χ0n) is 29.1. The lowest BCUT2D eigenvalue weighted by molar-refractivity contribution is -0.131. The van der Waals surface area contributed by atoms with E-state index in [9.17, 15) is 19.2 Å². The molecule has 13 nitrogen and oxygen atoms in total. The largest absolute Gasteiger partial charge is 0.514 e. The van der Waals surface area contributed by atoms with Gasteiger partial charge in [0.2, 0.25) is 5.91 Å². The van der Waals surface area contributed by atoms with Crippen LogP contribution in [0.5, 0.6) is 11.5 Å². The molecule has 3 amide bonds. The fourth-order valence-electron chi connectivity index (χ4n) is 6.00. The number of rotatable bonds is 4. The Morgan fingerprint density at radius 3 is 2.37 bits per heavy atom. The lowest BCUT2D eigenvalue weighted by Gasteiger charge is -2.41. The summed E-state index contributed by atoms with van der Waals surface area (Å²) in [5.41, 5.74) is -2.01. The number of amides is 3. The molecule has 0 radical (unpaired) electrons. The molecule has 49 heavy (non-hydrogen) atoms. The third-order valence-corrected chi connectivity index (χ3v) is 8.58. The van der Waals surface area contributed by atoms with E-state index in [2.05, 4.69) is 0 Å². The number of hydrogen-bond acceptors (Lipinski definition) is 10. The Kier molecular flexibility index (Phi) is 9.93. The lowest BCUT2D eigenvalue weighted by Crippen LogP contribution is -2.58. The molecule has 0 spiro atoms. The van der Waals surface area contributed by atoms with Crippen molar-refractivity contribution in [3.05, 3.63) is 34.6 Å². The Balaban J connectivity index is 1.63. The van der Waals surface area contributed by atoms with Gasteiger partial charge >= 0.3 is 12.2 Å². The summed E-state index contributed by atoms with van der Waals surface area (Å²) in [6, 6.07) is 3.00. The monoisotopic (exact) mass is 703 g/mol.